The predicted molar refractivity (Wildman–Crippen MR) is 207 cm³/mol. The van der Waals surface area contributed by atoms with Crippen LogP contribution < -0.4 is 29.1 Å². The maximum Gasteiger partial charge on any atom is 0.231 e. The molecule has 0 unspecified atom stereocenters. The number of ether oxygens (including phenoxy) is 12. The van der Waals surface area contributed by atoms with Gasteiger partial charge in [0.2, 0.25) is 24.3 Å². The summed E-state index contributed by atoms with van der Waals surface area (Å²) in [5.41, 5.74) is -4.18. The van der Waals surface area contributed by atoms with Crippen molar-refractivity contribution in [2.45, 2.75) is 97.4 Å². The van der Waals surface area contributed by atoms with Gasteiger partial charge >= 0.3 is 0 Å². The van der Waals surface area contributed by atoms with E-state index in [1.165, 1.54) is 26.5 Å². The highest BCUT2D eigenvalue weighted by Crippen LogP contribution is 2.45. The van der Waals surface area contributed by atoms with Crippen molar-refractivity contribution < 1.29 is 117 Å². The fourth-order valence-electron chi connectivity index (χ4n) is 7.95. The van der Waals surface area contributed by atoms with Crippen LogP contribution in [-0.2, 0) is 33.2 Å². The first-order valence-corrected chi connectivity index (χ1v) is 20.2. The zero-order valence-corrected chi connectivity index (χ0v) is 34.6. The molecule has 5 aliphatic rings. The molecule has 0 aliphatic carbocycles. The van der Waals surface area contributed by atoms with Gasteiger partial charge in [-0.2, -0.15) is 0 Å². The minimum absolute atomic E-state index is 0.0125. The van der Waals surface area contributed by atoms with E-state index in [1.54, 1.807) is 18.2 Å². The van der Waals surface area contributed by atoms with E-state index in [9.17, 15) is 61.0 Å². The third kappa shape index (κ3) is 8.71. The van der Waals surface area contributed by atoms with E-state index in [4.69, 9.17) is 61.3 Å². The number of methoxy groups -OCH3 is 2. The van der Waals surface area contributed by atoms with Crippen molar-refractivity contribution >= 4 is 11.0 Å². The molecule has 2 aromatic carbocycles. The summed E-state index contributed by atoms with van der Waals surface area (Å²) in [5, 5.41) is 117. The summed E-state index contributed by atoms with van der Waals surface area (Å²) in [6, 6.07) is 6.13. The molecule has 8 rings (SSSR count). The molecule has 25 nitrogen and oxygen atoms in total. The van der Waals surface area contributed by atoms with Gasteiger partial charge < -0.3 is 117 Å². The molecular weight excluding hydrogens is 880 g/mol. The summed E-state index contributed by atoms with van der Waals surface area (Å²) in [4.78, 5) is 14.0. The Kier molecular flexibility index (Phi) is 13.8. The van der Waals surface area contributed by atoms with E-state index in [2.05, 4.69) is 0 Å². The number of hydrogen-bond donors (Lipinski definition) is 11. The highest BCUT2D eigenvalue weighted by atomic mass is 16.8. The van der Waals surface area contributed by atoms with Crippen LogP contribution in [0.15, 0.2) is 39.7 Å². The van der Waals surface area contributed by atoms with Gasteiger partial charge in [0, 0.05) is 6.07 Å². The van der Waals surface area contributed by atoms with Crippen molar-refractivity contribution in [1.82, 2.24) is 0 Å². The van der Waals surface area contributed by atoms with Gasteiger partial charge in [-0.3, -0.25) is 4.79 Å². The number of fused-ring (bicyclic) bond motifs is 2. The van der Waals surface area contributed by atoms with Crippen molar-refractivity contribution in [3.05, 3.63) is 40.8 Å². The van der Waals surface area contributed by atoms with E-state index < -0.39 is 142 Å². The van der Waals surface area contributed by atoms with Gasteiger partial charge in [-0.1, -0.05) is 6.07 Å². The maximum atomic E-state index is 14.0. The lowest BCUT2D eigenvalue weighted by Crippen LogP contribution is -2.65. The summed E-state index contributed by atoms with van der Waals surface area (Å²) in [6.45, 7) is -4.15. The van der Waals surface area contributed by atoms with Crippen LogP contribution in [0.3, 0.4) is 0 Å². The average molecular weight is 931 g/mol. The Balaban J connectivity index is 1.05. The second-order valence-corrected chi connectivity index (χ2v) is 16.1. The summed E-state index contributed by atoms with van der Waals surface area (Å²) < 4.78 is 73.5. The van der Waals surface area contributed by atoms with Crippen molar-refractivity contribution in [2.24, 2.45) is 0 Å². The minimum atomic E-state index is -2.11. The van der Waals surface area contributed by atoms with E-state index in [-0.39, 0.29) is 40.6 Å². The fraction of sp³-hybridized carbons (Fsp3) is 0.625. The smallest absolute Gasteiger partial charge is 0.231 e. The van der Waals surface area contributed by atoms with Gasteiger partial charge in [0.25, 0.3) is 0 Å². The molecule has 25 heteroatoms. The van der Waals surface area contributed by atoms with Gasteiger partial charge in [0.05, 0.1) is 59.4 Å². The van der Waals surface area contributed by atoms with Gasteiger partial charge in [0.1, 0.15) is 89.5 Å². The SMILES string of the molecule is COc1c(O[C@H]2O[C@@H](CO[C@@H]3OC[C@@](O)(CO)[C@@H]3O)[C@H](O[C@@H]3O[C@H](CO[C@@H]4OC[C@@](O)(CO)[C@@H]4O)[C@@H](O)[C@H](O)[C@@H]3O)[C@@H](O)[C@@H]2O)cc2occ(-c3ccc4c(c3)OCO4)c(=O)c2c1OC. The number of rotatable bonds is 15. The maximum absolute atomic E-state index is 14.0. The highest BCUT2D eigenvalue weighted by molar-refractivity contribution is 5.91. The van der Waals surface area contributed by atoms with Crippen LogP contribution in [0.1, 0.15) is 0 Å². The molecule has 0 saturated carbocycles. The van der Waals surface area contributed by atoms with Crippen LogP contribution in [0.4, 0.5) is 0 Å². The van der Waals surface area contributed by atoms with Crippen LogP contribution in [-0.4, -0.2) is 214 Å². The summed E-state index contributed by atoms with van der Waals surface area (Å²) in [6.07, 6.45) is -24.0. The van der Waals surface area contributed by atoms with Crippen molar-refractivity contribution in [3.8, 4) is 39.9 Å². The van der Waals surface area contributed by atoms with Crippen LogP contribution >= 0.6 is 0 Å². The lowest BCUT2D eigenvalue weighted by atomic mass is 9.96. The zero-order valence-electron chi connectivity index (χ0n) is 34.6. The lowest BCUT2D eigenvalue weighted by Gasteiger charge is -2.46. The predicted octanol–water partition coefficient (Wildman–Crippen LogP) is -4.86. The first-order valence-electron chi connectivity index (χ1n) is 20.2. The second-order valence-electron chi connectivity index (χ2n) is 16.1. The van der Waals surface area contributed by atoms with Crippen molar-refractivity contribution in [1.29, 1.82) is 0 Å². The Bertz CT molecular complexity index is 2210. The highest BCUT2D eigenvalue weighted by Gasteiger charge is 2.54. The van der Waals surface area contributed by atoms with E-state index in [0.29, 0.717) is 17.1 Å². The third-order valence-corrected chi connectivity index (χ3v) is 11.9. The minimum Gasteiger partial charge on any atom is -0.492 e. The summed E-state index contributed by atoms with van der Waals surface area (Å²) in [7, 11) is 2.50. The number of hydrogen-bond acceptors (Lipinski definition) is 25. The van der Waals surface area contributed by atoms with Crippen LogP contribution in [0.25, 0.3) is 22.1 Å². The Morgan fingerprint density at radius 3 is 1.91 bits per heavy atom. The van der Waals surface area contributed by atoms with E-state index in [1.807, 2.05) is 0 Å². The Hall–Kier alpha value is -4.07. The molecule has 65 heavy (non-hydrogen) atoms. The molecule has 0 spiro atoms. The van der Waals surface area contributed by atoms with Gasteiger partial charge in [-0.25, -0.2) is 0 Å². The Labute approximate surface area is 366 Å². The lowest BCUT2D eigenvalue weighted by molar-refractivity contribution is -0.358. The van der Waals surface area contributed by atoms with Crippen LogP contribution in [0.5, 0.6) is 28.7 Å². The quantitative estimate of drug-likeness (QED) is 0.0681. The van der Waals surface area contributed by atoms with Crippen molar-refractivity contribution in [2.75, 3.05) is 60.7 Å². The van der Waals surface area contributed by atoms with E-state index in [0.717, 1.165) is 0 Å². The largest absolute Gasteiger partial charge is 0.492 e. The van der Waals surface area contributed by atoms with Crippen LogP contribution in [0, 0.1) is 0 Å². The molecular formula is C40H50O25. The fourth-order valence-corrected chi connectivity index (χ4v) is 7.95. The number of aliphatic hydroxyl groups excluding tert-OH is 9. The van der Waals surface area contributed by atoms with Crippen LogP contribution in [0.2, 0.25) is 0 Å². The molecule has 5 aliphatic heterocycles. The van der Waals surface area contributed by atoms with Gasteiger partial charge in [0.15, 0.2) is 41.9 Å². The molecule has 1 aromatic heterocycles. The Morgan fingerprint density at radius 2 is 1.29 bits per heavy atom. The molecule has 16 atom stereocenters. The second kappa shape index (κ2) is 18.9. The molecule has 0 radical (unpaired) electrons. The summed E-state index contributed by atoms with van der Waals surface area (Å²) in [5.74, 6) is 0.367. The van der Waals surface area contributed by atoms with Gasteiger partial charge in [-0.15, -0.1) is 0 Å². The summed E-state index contributed by atoms with van der Waals surface area (Å²) >= 11 is 0. The monoisotopic (exact) mass is 930 g/mol. The molecule has 4 saturated heterocycles. The normalized spacial score (nSPS) is 38.0. The van der Waals surface area contributed by atoms with Crippen molar-refractivity contribution in [3.63, 3.8) is 0 Å². The average Bonchev–Trinajstić information content (AvgIpc) is 3.99. The topological polar surface area (TPSA) is 364 Å². The molecule has 4 fully saturated rings. The Morgan fingerprint density at radius 1 is 0.692 bits per heavy atom. The molecule has 0 bridgehead atoms. The first kappa shape index (κ1) is 47.4. The van der Waals surface area contributed by atoms with Gasteiger partial charge in [-0.05, 0) is 17.7 Å². The third-order valence-electron chi connectivity index (χ3n) is 11.9. The zero-order chi connectivity index (χ0) is 46.5. The standard InChI is InChI=1S/C40H50O25/c1-53-31-20(6-19-23(32(31)54-2)24(43)16(7-55-19)15-3-4-17-18(5-15)61-14-60-17)62-35-29(48)27(46)30(22(64-35)9-57-38-34(50)40(52,11-42)13-59-38)65-36-28(47)26(45)25(44)21(63-36)8-56-37-33(49)39(51,10-41)12-58-37/h3-7,21-22,25-30,33-38,41-42,44-52H,8-14H2,1-2H3/t21-,22+,25-,26+,27+,28+,29+,30+,33-,34-,35+,36+,37-,38-,39+,40+/m1/s1. The van der Waals surface area contributed by atoms with E-state index >= 15 is 0 Å². The number of aliphatic hydroxyl groups is 11. The molecule has 6 heterocycles. The molecule has 0 amide bonds. The molecule has 360 valence electrons. The number of benzene rings is 2. The first-order chi connectivity index (χ1) is 31.1. The molecule has 3 aromatic rings. The molecule has 11 N–H and O–H groups in total.